The van der Waals surface area contributed by atoms with Gasteiger partial charge in [0.15, 0.2) is 0 Å². The number of hydrogen-bond acceptors (Lipinski definition) is 3. The molecule has 0 atom stereocenters. The first kappa shape index (κ1) is 14.4. The van der Waals surface area contributed by atoms with Gasteiger partial charge in [0.1, 0.15) is 0 Å². The fourth-order valence-electron chi connectivity index (χ4n) is 1.96. The molecule has 1 aliphatic rings. The second-order valence-corrected chi connectivity index (χ2v) is 5.22. The van der Waals surface area contributed by atoms with E-state index in [1.165, 1.54) is 6.92 Å². The maximum absolute atomic E-state index is 13.3. The molecule has 1 rings (SSSR count). The summed E-state index contributed by atoms with van der Waals surface area (Å²) in [7, 11) is 0. The summed E-state index contributed by atoms with van der Waals surface area (Å²) in [4.78, 5) is 11.0. The predicted molar refractivity (Wildman–Crippen MR) is 58.7 cm³/mol. The lowest BCUT2D eigenvalue weighted by Crippen LogP contribution is -2.39. The van der Waals surface area contributed by atoms with Gasteiger partial charge in [-0.25, -0.2) is 4.79 Å². The number of ether oxygens (including phenoxy) is 2. The maximum atomic E-state index is 13.3. The maximum Gasteiger partial charge on any atom is 0.456 e. The molecular weight excluding hydrogens is 230 g/mol. The lowest BCUT2D eigenvalue weighted by atomic mass is 9.76. The molecule has 0 aromatic heterocycles. The Morgan fingerprint density at radius 3 is 2.35 bits per heavy atom. The van der Waals surface area contributed by atoms with Crippen LogP contribution < -0.4 is 0 Å². The van der Waals surface area contributed by atoms with Crippen LogP contribution in [-0.2, 0) is 14.3 Å². The van der Waals surface area contributed by atoms with Crippen molar-refractivity contribution in [1.82, 2.24) is 0 Å². The van der Waals surface area contributed by atoms with Crippen LogP contribution in [0.25, 0.3) is 0 Å². The second kappa shape index (κ2) is 5.29. The van der Waals surface area contributed by atoms with Gasteiger partial charge in [0.2, 0.25) is 0 Å². The molecule has 5 heteroatoms. The van der Waals surface area contributed by atoms with Crippen molar-refractivity contribution in [3.63, 3.8) is 0 Å². The van der Waals surface area contributed by atoms with Crippen molar-refractivity contribution in [2.75, 3.05) is 6.61 Å². The highest BCUT2D eigenvalue weighted by Gasteiger charge is 2.45. The third kappa shape index (κ3) is 4.22. The molecule has 0 saturated heterocycles. The standard InChI is InChI=1S/C12H20F2O3/c1-4-16-10(15)12(13,14)17-9-5-7-11(2,3)8-6-9/h9H,4-8H2,1-3H3. The van der Waals surface area contributed by atoms with Gasteiger partial charge >= 0.3 is 12.1 Å². The molecule has 0 aromatic rings. The third-order valence-electron chi connectivity index (χ3n) is 3.11. The zero-order valence-corrected chi connectivity index (χ0v) is 10.6. The van der Waals surface area contributed by atoms with E-state index in [1.54, 1.807) is 0 Å². The zero-order valence-electron chi connectivity index (χ0n) is 10.6. The van der Waals surface area contributed by atoms with Crippen molar-refractivity contribution in [3.05, 3.63) is 0 Å². The number of carbonyl (C=O) groups is 1. The van der Waals surface area contributed by atoms with Gasteiger partial charge in [-0.3, -0.25) is 0 Å². The topological polar surface area (TPSA) is 35.5 Å². The summed E-state index contributed by atoms with van der Waals surface area (Å²) in [6.07, 6.45) is -1.60. The van der Waals surface area contributed by atoms with Gasteiger partial charge in [-0.2, -0.15) is 8.78 Å². The molecule has 1 aliphatic carbocycles. The largest absolute Gasteiger partial charge is 0.460 e. The van der Waals surface area contributed by atoms with Crippen LogP contribution in [0.15, 0.2) is 0 Å². The molecule has 0 bridgehead atoms. The Bertz CT molecular complexity index is 267. The van der Waals surface area contributed by atoms with Crippen LogP contribution in [0.3, 0.4) is 0 Å². The van der Waals surface area contributed by atoms with Crippen molar-refractivity contribution < 1.29 is 23.0 Å². The van der Waals surface area contributed by atoms with E-state index in [1.807, 2.05) is 0 Å². The van der Waals surface area contributed by atoms with Gasteiger partial charge in [0.25, 0.3) is 0 Å². The van der Waals surface area contributed by atoms with Crippen LogP contribution in [0.2, 0.25) is 0 Å². The van der Waals surface area contributed by atoms with Crippen LogP contribution in [0.4, 0.5) is 8.78 Å². The predicted octanol–water partition coefficient (Wildman–Crippen LogP) is 3.13. The Hall–Kier alpha value is -0.710. The van der Waals surface area contributed by atoms with Crippen molar-refractivity contribution >= 4 is 5.97 Å². The molecule has 0 amide bonds. The molecule has 0 radical (unpaired) electrons. The van der Waals surface area contributed by atoms with E-state index in [0.717, 1.165) is 12.8 Å². The lowest BCUT2D eigenvalue weighted by Gasteiger charge is -2.35. The summed E-state index contributed by atoms with van der Waals surface area (Å²) in [5, 5.41) is 0. The average Bonchev–Trinajstić information content (AvgIpc) is 2.21. The molecular formula is C12H20F2O3. The van der Waals surface area contributed by atoms with Gasteiger partial charge in [-0.1, -0.05) is 13.8 Å². The van der Waals surface area contributed by atoms with E-state index in [0.29, 0.717) is 12.8 Å². The number of rotatable bonds is 4. The molecule has 0 spiro atoms. The number of halogens is 2. The molecule has 3 nitrogen and oxygen atoms in total. The number of hydrogen-bond donors (Lipinski definition) is 0. The first-order valence-electron chi connectivity index (χ1n) is 6.00. The smallest absolute Gasteiger partial charge is 0.456 e. The summed E-state index contributed by atoms with van der Waals surface area (Å²) in [5.74, 6) is -1.59. The average molecular weight is 250 g/mol. The molecule has 100 valence electrons. The highest BCUT2D eigenvalue weighted by molar-refractivity contribution is 5.75. The zero-order chi connectivity index (χ0) is 13.1. The number of esters is 1. The molecule has 1 fully saturated rings. The van der Waals surface area contributed by atoms with E-state index >= 15 is 0 Å². The molecule has 0 unspecified atom stereocenters. The Kier molecular flexibility index (Phi) is 4.47. The minimum absolute atomic E-state index is 0.0739. The van der Waals surface area contributed by atoms with Crippen LogP contribution in [0.1, 0.15) is 46.5 Å². The van der Waals surface area contributed by atoms with Crippen molar-refractivity contribution in [2.45, 2.75) is 58.7 Å². The monoisotopic (exact) mass is 250 g/mol. The van der Waals surface area contributed by atoms with Crippen LogP contribution in [-0.4, -0.2) is 24.8 Å². The highest BCUT2D eigenvalue weighted by Crippen LogP contribution is 2.38. The summed E-state index contributed by atoms with van der Waals surface area (Å²) in [6.45, 7) is 5.62. The normalized spacial score (nSPS) is 21.2. The first-order chi connectivity index (χ1) is 7.77. The fraction of sp³-hybridized carbons (Fsp3) is 0.917. The number of carbonyl (C=O) groups excluding carboxylic acids is 1. The van der Waals surface area contributed by atoms with E-state index in [9.17, 15) is 13.6 Å². The van der Waals surface area contributed by atoms with Gasteiger partial charge < -0.3 is 9.47 Å². The molecule has 1 saturated carbocycles. The first-order valence-corrected chi connectivity index (χ1v) is 6.00. The highest BCUT2D eigenvalue weighted by atomic mass is 19.3. The van der Waals surface area contributed by atoms with Crippen LogP contribution in [0, 0.1) is 5.41 Å². The second-order valence-electron chi connectivity index (χ2n) is 5.22. The molecule has 17 heavy (non-hydrogen) atoms. The SMILES string of the molecule is CCOC(=O)C(F)(F)OC1CCC(C)(C)CC1. The van der Waals surface area contributed by atoms with Gasteiger partial charge in [0.05, 0.1) is 12.7 Å². The molecule has 0 aromatic carbocycles. The lowest BCUT2D eigenvalue weighted by molar-refractivity contribution is -0.270. The van der Waals surface area contributed by atoms with Crippen molar-refractivity contribution in [3.8, 4) is 0 Å². The Morgan fingerprint density at radius 1 is 1.35 bits per heavy atom. The Balaban J connectivity index is 2.46. The van der Waals surface area contributed by atoms with Crippen LogP contribution >= 0.6 is 0 Å². The molecule has 0 heterocycles. The summed E-state index contributed by atoms with van der Waals surface area (Å²) in [5.41, 5.74) is 0.180. The van der Waals surface area contributed by atoms with Crippen LogP contribution in [0.5, 0.6) is 0 Å². The third-order valence-corrected chi connectivity index (χ3v) is 3.11. The summed E-state index contributed by atoms with van der Waals surface area (Å²) < 4.78 is 35.4. The minimum Gasteiger partial charge on any atom is -0.460 e. The number of alkyl halides is 2. The summed E-state index contributed by atoms with van der Waals surface area (Å²) >= 11 is 0. The Morgan fingerprint density at radius 2 is 1.88 bits per heavy atom. The summed E-state index contributed by atoms with van der Waals surface area (Å²) in [6, 6.07) is 0. The molecule has 0 N–H and O–H groups in total. The Labute approximate surface area is 100 Å². The van der Waals surface area contributed by atoms with Crippen molar-refractivity contribution in [2.24, 2.45) is 5.41 Å². The van der Waals surface area contributed by atoms with E-state index < -0.39 is 18.2 Å². The van der Waals surface area contributed by atoms with Crippen molar-refractivity contribution in [1.29, 1.82) is 0 Å². The van der Waals surface area contributed by atoms with Gasteiger partial charge in [-0.15, -0.1) is 0 Å². The van der Waals surface area contributed by atoms with Gasteiger partial charge in [0, 0.05) is 0 Å². The molecule has 0 aliphatic heterocycles. The van der Waals surface area contributed by atoms with E-state index in [4.69, 9.17) is 0 Å². The van der Waals surface area contributed by atoms with E-state index in [-0.39, 0.29) is 12.0 Å². The van der Waals surface area contributed by atoms with Gasteiger partial charge in [-0.05, 0) is 38.0 Å². The fourth-order valence-corrected chi connectivity index (χ4v) is 1.96. The minimum atomic E-state index is -3.82. The van der Waals surface area contributed by atoms with E-state index in [2.05, 4.69) is 23.3 Å². The quantitative estimate of drug-likeness (QED) is 0.719.